The number of carboxylic acid groups (broad SMARTS) is 1. The highest BCUT2D eigenvalue weighted by Gasteiger charge is 2.48. The van der Waals surface area contributed by atoms with Gasteiger partial charge in [0.05, 0.1) is 15.5 Å². The summed E-state index contributed by atoms with van der Waals surface area (Å²) in [5, 5.41) is 10.2. The van der Waals surface area contributed by atoms with E-state index in [9.17, 15) is 14.7 Å². The average molecular weight is 330 g/mol. The molecule has 4 nitrogen and oxygen atoms in total. The molecule has 1 aromatic carbocycles. The summed E-state index contributed by atoms with van der Waals surface area (Å²) in [5.74, 6) is -1.10. The molecule has 1 aliphatic heterocycles. The Morgan fingerprint density at radius 1 is 1.29 bits per heavy atom. The van der Waals surface area contributed by atoms with Crippen molar-refractivity contribution in [3.63, 3.8) is 0 Å². The molecular formula is C15H17Cl2NO3. The molecule has 0 aromatic heterocycles. The van der Waals surface area contributed by atoms with Gasteiger partial charge in [0.2, 0.25) is 0 Å². The fourth-order valence-corrected chi connectivity index (χ4v) is 3.01. The number of likely N-dealkylation sites (tertiary alicyclic amines) is 1. The van der Waals surface area contributed by atoms with Crippen LogP contribution in [-0.2, 0) is 4.79 Å². The quantitative estimate of drug-likeness (QED) is 0.922. The summed E-state index contributed by atoms with van der Waals surface area (Å²) in [6.45, 7) is 4.41. The molecule has 0 aliphatic carbocycles. The maximum atomic E-state index is 12.5. The van der Waals surface area contributed by atoms with Crippen molar-refractivity contribution in [1.29, 1.82) is 0 Å². The number of hydrogen-bond acceptors (Lipinski definition) is 2. The van der Waals surface area contributed by atoms with Gasteiger partial charge in [0.25, 0.3) is 5.91 Å². The van der Waals surface area contributed by atoms with Crippen LogP contribution in [0.2, 0.25) is 10.0 Å². The number of halogens is 2. The van der Waals surface area contributed by atoms with Gasteiger partial charge in [-0.25, -0.2) is 0 Å². The van der Waals surface area contributed by atoms with Gasteiger partial charge in [0.15, 0.2) is 0 Å². The molecule has 1 aliphatic rings. The largest absolute Gasteiger partial charge is 0.481 e. The minimum absolute atomic E-state index is 0.0402. The van der Waals surface area contributed by atoms with Gasteiger partial charge in [-0.05, 0) is 30.5 Å². The maximum Gasteiger partial charge on any atom is 0.311 e. The summed E-state index contributed by atoms with van der Waals surface area (Å²) in [4.78, 5) is 25.6. The number of amides is 1. The second kappa shape index (κ2) is 5.85. The van der Waals surface area contributed by atoms with Gasteiger partial charge in [-0.3, -0.25) is 9.59 Å². The van der Waals surface area contributed by atoms with Gasteiger partial charge in [0.1, 0.15) is 0 Å². The molecule has 0 radical (unpaired) electrons. The SMILES string of the molecule is CC(C)C1(C(=O)O)CCN(C(=O)c2ccc(Cl)c(Cl)c2)C1. The monoisotopic (exact) mass is 329 g/mol. The van der Waals surface area contributed by atoms with Crippen molar-refractivity contribution in [3.05, 3.63) is 33.8 Å². The van der Waals surface area contributed by atoms with Gasteiger partial charge < -0.3 is 10.0 Å². The first-order valence-electron chi connectivity index (χ1n) is 6.75. The van der Waals surface area contributed by atoms with E-state index >= 15 is 0 Å². The van der Waals surface area contributed by atoms with E-state index in [4.69, 9.17) is 23.2 Å². The van der Waals surface area contributed by atoms with Crippen LogP contribution in [0, 0.1) is 11.3 Å². The molecule has 1 atom stereocenters. The molecule has 114 valence electrons. The lowest BCUT2D eigenvalue weighted by Gasteiger charge is -2.28. The first-order valence-corrected chi connectivity index (χ1v) is 7.51. The van der Waals surface area contributed by atoms with Crippen LogP contribution < -0.4 is 0 Å². The van der Waals surface area contributed by atoms with Gasteiger partial charge in [-0.15, -0.1) is 0 Å². The number of carbonyl (C=O) groups excluding carboxylic acids is 1. The number of rotatable bonds is 3. The smallest absolute Gasteiger partial charge is 0.311 e. The third-order valence-electron chi connectivity index (χ3n) is 4.29. The highest BCUT2D eigenvalue weighted by molar-refractivity contribution is 6.42. The zero-order chi connectivity index (χ0) is 15.8. The average Bonchev–Trinajstić information content (AvgIpc) is 2.87. The maximum absolute atomic E-state index is 12.5. The van der Waals surface area contributed by atoms with E-state index in [1.54, 1.807) is 17.0 Å². The topological polar surface area (TPSA) is 57.6 Å². The Bertz CT molecular complexity index is 588. The van der Waals surface area contributed by atoms with E-state index < -0.39 is 11.4 Å². The third-order valence-corrected chi connectivity index (χ3v) is 5.02. The summed E-state index contributed by atoms with van der Waals surface area (Å²) in [7, 11) is 0. The number of carboxylic acids is 1. The number of aliphatic carboxylic acids is 1. The Morgan fingerprint density at radius 2 is 1.95 bits per heavy atom. The lowest BCUT2D eigenvalue weighted by molar-refractivity contribution is -0.150. The highest BCUT2D eigenvalue weighted by atomic mass is 35.5. The summed E-state index contributed by atoms with van der Waals surface area (Å²) >= 11 is 11.8. The number of nitrogens with zero attached hydrogens (tertiary/aromatic N) is 1. The van der Waals surface area contributed by atoms with Crippen LogP contribution in [0.15, 0.2) is 18.2 Å². The highest BCUT2D eigenvalue weighted by Crippen LogP contribution is 2.38. The predicted octanol–water partition coefficient (Wildman–Crippen LogP) is 3.57. The molecule has 6 heteroatoms. The number of carbonyl (C=O) groups is 2. The fraction of sp³-hybridized carbons (Fsp3) is 0.467. The minimum Gasteiger partial charge on any atom is -0.481 e. The second-order valence-corrected chi connectivity index (χ2v) is 6.54. The fourth-order valence-electron chi connectivity index (χ4n) is 2.71. The van der Waals surface area contributed by atoms with Crippen molar-refractivity contribution in [2.45, 2.75) is 20.3 Å². The van der Waals surface area contributed by atoms with Crippen molar-refractivity contribution in [3.8, 4) is 0 Å². The number of benzene rings is 1. The molecule has 1 aromatic rings. The van der Waals surface area contributed by atoms with Crippen LogP contribution in [0.3, 0.4) is 0 Å². The summed E-state index contributed by atoms with van der Waals surface area (Å²) in [6, 6.07) is 4.69. The van der Waals surface area contributed by atoms with E-state index in [0.717, 1.165) is 0 Å². The standard InChI is InChI=1S/C15H17Cl2NO3/c1-9(2)15(14(20)21)5-6-18(8-15)13(19)10-3-4-11(16)12(17)7-10/h3-4,7,9H,5-6,8H2,1-2H3,(H,20,21). The lowest BCUT2D eigenvalue weighted by atomic mass is 9.76. The molecular weight excluding hydrogens is 313 g/mol. The van der Waals surface area contributed by atoms with Crippen LogP contribution in [-0.4, -0.2) is 35.0 Å². The van der Waals surface area contributed by atoms with Crippen LogP contribution in [0.1, 0.15) is 30.6 Å². The Kier molecular flexibility index (Phi) is 4.49. The van der Waals surface area contributed by atoms with E-state index in [-0.39, 0.29) is 18.4 Å². The Labute approximate surface area is 133 Å². The summed E-state index contributed by atoms with van der Waals surface area (Å²) < 4.78 is 0. The lowest BCUT2D eigenvalue weighted by Crippen LogP contribution is -2.40. The van der Waals surface area contributed by atoms with Crippen molar-refractivity contribution < 1.29 is 14.7 Å². The van der Waals surface area contributed by atoms with Crippen molar-refractivity contribution in [1.82, 2.24) is 4.90 Å². The normalized spacial score (nSPS) is 21.9. The van der Waals surface area contributed by atoms with E-state index in [2.05, 4.69) is 0 Å². The Morgan fingerprint density at radius 3 is 2.43 bits per heavy atom. The molecule has 0 saturated carbocycles. The molecule has 0 spiro atoms. The van der Waals surface area contributed by atoms with Crippen LogP contribution in [0.5, 0.6) is 0 Å². The minimum atomic E-state index is -0.869. The van der Waals surface area contributed by atoms with Crippen LogP contribution in [0.25, 0.3) is 0 Å². The zero-order valence-corrected chi connectivity index (χ0v) is 13.4. The molecule has 1 N–H and O–H groups in total. The molecule has 1 saturated heterocycles. The molecule has 1 unspecified atom stereocenters. The molecule has 0 bridgehead atoms. The second-order valence-electron chi connectivity index (χ2n) is 5.72. The molecule has 1 fully saturated rings. The first-order chi connectivity index (χ1) is 9.78. The van der Waals surface area contributed by atoms with Crippen LogP contribution >= 0.6 is 23.2 Å². The van der Waals surface area contributed by atoms with Crippen LogP contribution in [0.4, 0.5) is 0 Å². The summed E-state index contributed by atoms with van der Waals surface area (Å²) in [6.07, 6.45) is 0.465. The first kappa shape index (κ1) is 16.1. The van der Waals surface area contributed by atoms with Gasteiger partial charge >= 0.3 is 5.97 Å². The van der Waals surface area contributed by atoms with Gasteiger partial charge in [-0.2, -0.15) is 0 Å². The van der Waals surface area contributed by atoms with E-state index in [1.807, 2.05) is 13.8 Å². The Balaban J connectivity index is 2.22. The van der Waals surface area contributed by atoms with Crippen molar-refractivity contribution >= 4 is 35.1 Å². The number of hydrogen-bond donors (Lipinski definition) is 1. The van der Waals surface area contributed by atoms with Crippen molar-refractivity contribution in [2.75, 3.05) is 13.1 Å². The Hall–Kier alpha value is -1.26. The van der Waals surface area contributed by atoms with Gasteiger partial charge in [0, 0.05) is 18.7 Å². The molecule has 1 amide bonds. The van der Waals surface area contributed by atoms with E-state index in [1.165, 1.54) is 6.07 Å². The zero-order valence-electron chi connectivity index (χ0n) is 11.9. The molecule has 2 rings (SSSR count). The van der Waals surface area contributed by atoms with Crippen molar-refractivity contribution in [2.24, 2.45) is 11.3 Å². The molecule has 21 heavy (non-hydrogen) atoms. The molecule has 1 heterocycles. The predicted molar refractivity (Wildman–Crippen MR) is 81.9 cm³/mol. The van der Waals surface area contributed by atoms with Gasteiger partial charge in [-0.1, -0.05) is 37.0 Å². The third kappa shape index (κ3) is 2.87. The summed E-state index contributed by atoms with van der Waals surface area (Å²) in [5.41, 5.74) is -0.444. The van der Waals surface area contributed by atoms with E-state index in [0.29, 0.717) is 28.6 Å².